The molecule has 0 saturated carbocycles. The minimum absolute atomic E-state index is 0.619. The number of hydrogen-bond donors (Lipinski definition) is 1. The van der Waals surface area contributed by atoms with E-state index in [1.54, 1.807) is 37.3 Å². The molecule has 1 aromatic carbocycles. The van der Waals surface area contributed by atoms with Crippen LogP contribution in [0.4, 0.5) is 0 Å². The summed E-state index contributed by atoms with van der Waals surface area (Å²) in [4.78, 5) is 17.8. The highest BCUT2D eigenvalue weighted by Gasteiger charge is 2.14. The van der Waals surface area contributed by atoms with Crippen molar-refractivity contribution in [3.63, 3.8) is 0 Å². The summed E-state index contributed by atoms with van der Waals surface area (Å²) in [6, 6.07) is 6.02. The number of benzene rings is 1. The molecule has 0 aliphatic heterocycles. The summed E-state index contributed by atoms with van der Waals surface area (Å²) in [5.41, 5.74) is 3.60. The predicted molar refractivity (Wildman–Crippen MR) is 106 cm³/mol. The zero-order chi connectivity index (χ0) is 19.0. The number of fused-ring (bicyclic) bond motifs is 1. The molecule has 0 bridgehead atoms. The molecule has 27 heavy (non-hydrogen) atoms. The van der Waals surface area contributed by atoms with Gasteiger partial charge in [-0.05, 0) is 30.9 Å². The van der Waals surface area contributed by atoms with E-state index in [0.717, 1.165) is 39.0 Å². The number of aryl methyl sites for hydroxylation is 1. The van der Waals surface area contributed by atoms with Gasteiger partial charge in [0.25, 0.3) is 0 Å². The van der Waals surface area contributed by atoms with Gasteiger partial charge in [0.1, 0.15) is 17.8 Å². The van der Waals surface area contributed by atoms with E-state index >= 15 is 0 Å². The molecule has 0 spiro atoms. The SMILES string of the molecule is CCSc1ncc(-c2nccn2-c2ccc3c(c2)nc([C@@H](C)O)n3C)cn1. The van der Waals surface area contributed by atoms with Crippen LogP contribution in [0.15, 0.2) is 48.1 Å². The lowest BCUT2D eigenvalue weighted by atomic mass is 10.2. The van der Waals surface area contributed by atoms with E-state index in [9.17, 15) is 5.11 Å². The number of aromatic nitrogens is 6. The van der Waals surface area contributed by atoms with Gasteiger partial charge in [0.05, 0.1) is 16.6 Å². The summed E-state index contributed by atoms with van der Waals surface area (Å²) in [7, 11) is 1.91. The molecule has 0 amide bonds. The van der Waals surface area contributed by atoms with Crippen LogP contribution in [0, 0.1) is 0 Å². The first kappa shape index (κ1) is 17.7. The van der Waals surface area contributed by atoms with Crippen LogP contribution in [-0.4, -0.2) is 39.9 Å². The lowest BCUT2D eigenvalue weighted by Gasteiger charge is -2.08. The van der Waals surface area contributed by atoms with Crippen molar-refractivity contribution < 1.29 is 5.11 Å². The van der Waals surface area contributed by atoms with Gasteiger partial charge in [-0.25, -0.2) is 19.9 Å². The van der Waals surface area contributed by atoms with Gasteiger partial charge in [-0.2, -0.15) is 0 Å². The first-order valence-corrected chi connectivity index (χ1v) is 9.70. The molecular formula is C19H20N6OS. The third-order valence-corrected chi connectivity index (χ3v) is 5.11. The van der Waals surface area contributed by atoms with E-state index in [4.69, 9.17) is 0 Å². The second-order valence-electron chi connectivity index (χ2n) is 6.19. The zero-order valence-corrected chi connectivity index (χ0v) is 16.2. The van der Waals surface area contributed by atoms with Gasteiger partial charge in [0.15, 0.2) is 5.16 Å². The normalized spacial score (nSPS) is 12.6. The van der Waals surface area contributed by atoms with Crippen LogP contribution in [0.5, 0.6) is 0 Å². The minimum atomic E-state index is -0.619. The Morgan fingerprint density at radius 3 is 2.67 bits per heavy atom. The maximum atomic E-state index is 9.90. The van der Waals surface area contributed by atoms with Crippen molar-refractivity contribution in [1.29, 1.82) is 0 Å². The maximum Gasteiger partial charge on any atom is 0.187 e. The van der Waals surface area contributed by atoms with E-state index in [-0.39, 0.29) is 0 Å². The Kier molecular flexibility index (Phi) is 4.67. The van der Waals surface area contributed by atoms with Gasteiger partial charge < -0.3 is 9.67 Å². The average molecular weight is 380 g/mol. The molecule has 1 atom stereocenters. The minimum Gasteiger partial charge on any atom is -0.385 e. The highest BCUT2D eigenvalue weighted by atomic mass is 32.2. The second-order valence-corrected chi connectivity index (χ2v) is 7.42. The monoisotopic (exact) mass is 380 g/mol. The van der Waals surface area contributed by atoms with Crippen molar-refractivity contribution in [2.24, 2.45) is 7.05 Å². The number of nitrogens with zero attached hydrogens (tertiary/aromatic N) is 6. The topological polar surface area (TPSA) is 81.6 Å². The molecule has 1 N–H and O–H groups in total. The van der Waals surface area contributed by atoms with E-state index in [0.29, 0.717) is 5.82 Å². The van der Waals surface area contributed by atoms with Crippen LogP contribution in [0.2, 0.25) is 0 Å². The molecule has 0 radical (unpaired) electrons. The fraction of sp³-hybridized carbons (Fsp3) is 0.263. The van der Waals surface area contributed by atoms with Crippen molar-refractivity contribution in [1.82, 2.24) is 29.1 Å². The zero-order valence-electron chi connectivity index (χ0n) is 15.4. The Bertz CT molecular complexity index is 1080. The van der Waals surface area contributed by atoms with E-state index in [1.807, 2.05) is 40.6 Å². The van der Waals surface area contributed by atoms with Crippen molar-refractivity contribution in [3.05, 3.63) is 48.8 Å². The standard InChI is InChI=1S/C19H20N6OS/c1-4-27-19-21-10-13(11-22-19)18-20-7-8-25(18)14-5-6-16-15(9-14)23-17(12(2)26)24(16)3/h5-12,26H,4H2,1-3H3/t12-/m1/s1. The third-order valence-electron chi connectivity index (χ3n) is 4.35. The Hall–Kier alpha value is -2.71. The highest BCUT2D eigenvalue weighted by molar-refractivity contribution is 7.99. The molecule has 138 valence electrons. The summed E-state index contributed by atoms with van der Waals surface area (Å²) < 4.78 is 3.90. The quantitative estimate of drug-likeness (QED) is 0.422. The molecule has 0 aliphatic carbocycles. The number of rotatable bonds is 5. The first-order chi connectivity index (χ1) is 13.1. The molecule has 7 nitrogen and oxygen atoms in total. The molecule has 4 rings (SSSR count). The van der Waals surface area contributed by atoms with Crippen molar-refractivity contribution >= 4 is 22.8 Å². The van der Waals surface area contributed by atoms with Crippen LogP contribution in [0.25, 0.3) is 28.1 Å². The van der Waals surface area contributed by atoms with Crippen molar-refractivity contribution in [2.45, 2.75) is 25.1 Å². The van der Waals surface area contributed by atoms with E-state index in [1.165, 1.54) is 0 Å². The van der Waals surface area contributed by atoms with Gasteiger partial charge in [0.2, 0.25) is 0 Å². The Balaban J connectivity index is 1.75. The molecule has 0 saturated heterocycles. The highest BCUT2D eigenvalue weighted by Crippen LogP contribution is 2.25. The summed E-state index contributed by atoms with van der Waals surface area (Å²) >= 11 is 1.61. The maximum absolute atomic E-state index is 9.90. The lowest BCUT2D eigenvalue weighted by molar-refractivity contribution is 0.186. The molecule has 8 heteroatoms. The van der Waals surface area contributed by atoms with Gasteiger partial charge in [-0.15, -0.1) is 0 Å². The van der Waals surface area contributed by atoms with Crippen LogP contribution < -0.4 is 0 Å². The number of hydrogen-bond acceptors (Lipinski definition) is 6. The van der Waals surface area contributed by atoms with Gasteiger partial charge in [0, 0.05) is 37.5 Å². The number of aliphatic hydroxyl groups is 1. The molecular weight excluding hydrogens is 360 g/mol. The fourth-order valence-corrected chi connectivity index (χ4v) is 3.60. The average Bonchev–Trinajstić information content (AvgIpc) is 3.27. The largest absolute Gasteiger partial charge is 0.385 e. The molecule has 4 aromatic rings. The predicted octanol–water partition coefficient (Wildman–Crippen LogP) is 3.38. The molecule has 3 heterocycles. The Labute approximate surface area is 161 Å². The van der Waals surface area contributed by atoms with E-state index < -0.39 is 6.10 Å². The number of aliphatic hydroxyl groups excluding tert-OH is 1. The molecule has 3 aromatic heterocycles. The van der Waals surface area contributed by atoms with Crippen molar-refractivity contribution in [3.8, 4) is 17.1 Å². The summed E-state index contributed by atoms with van der Waals surface area (Å²) in [5, 5.41) is 10.7. The lowest BCUT2D eigenvalue weighted by Crippen LogP contribution is -2.01. The molecule has 0 unspecified atom stereocenters. The molecule has 0 aliphatic rings. The summed E-state index contributed by atoms with van der Waals surface area (Å²) in [6.45, 7) is 3.79. The van der Waals surface area contributed by atoms with Gasteiger partial charge in [-0.3, -0.25) is 4.57 Å². The van der Waals surface area contributed by atoms with Gasteiger partial charge >= 0.3 is 0 Å². The number of thioether (sulfide) groups is 1. The smallest absolute Gasteiger partial charge is 0.187 e. The third kappa shape index (κ3) is 3.22. The van der Waals surface area contributed by atoms with E-state index in [2.05, 4.69) is 26.9 Å². The van der Waals surface area contributed by atoms with Gasteiger partial charge in [-0.1, -0.05) is 18.7 Å². The van der Waals surface area contributed by atoms with Crippen molar-refractivity contribution in [2.75, 3.05) is 5.75 Å². The van der Waals surface area contributed by atoms with Crippen LogP contribution >= 0.6 is 11.8 Å². The molecule has 0 fully saturated rings. The van der Waals surface area contributed by atoms with Crippen LogP contribution in [-0.2, 0) is 7.05 Å². The summed E-state index contributed by atoms with van der Waals surface area (Å²) in [5.74, 6) is 2.35. The second kappa shape index (κ2) is 7.13. The number of imidazole rings is 2. The first-order valence-electron chi connectivity index (χ1n) is 8.72. The summed E-state index contributed by atoms with van der Waals surface area (Å²) in [6.07, 6.45) is 6.65. The fourth-order valence-electron chi connectivity index (χ4n) is 3.09. The Morgan fingerprint density at radius 1 is 1.19 bits per heavy atom. The Morgan fingerprint density at radius 2 is 1.96 bits per heavy atom. The van der Waals surface area contributed by atoms with Crippen LogP contribution in [0.3, 0.4) is 0 Å². The van der Waals surface area contributed by atoms with Crippen LogP contribution in [0.1, 0.15) is 25.8 Å².